The van der Waals surface area contributed by atoms with Crippen LogP contribution in [0.3, 0.4) is 0 Å². The van der Waals surface area contributed by atoms with Gasteiger partial charge in [0.2, 0.25) is 0 Å². The maximum absolute atomic E-state index is 5.81. The summed E-state index contributed by atoms with van der Waals surface area (Å²) >= 11 is 0. The van der Waals surface area contributed by atoms with Gasteiger partial charge in [-0.2, -0.15) is 0 Å². The first-order valence-electron chi connectivity index (χ1n) is 6.75. The molecule has 1 saturated heterocycles. The van der Waals surface area contributed by atoms with E-state index in [0.717, 1.165) is 51.4 Å². The Hall–Kier alpha value is -1.06. The summed E-state index contributed by atoms with van der Waals surface area (Å²) in [6.45, 7) is 3.60. The molecule has 2 rings (SSSR count). The van der Waals surface area contributed by atoms with E-state index in [2.05, 4.69) is 5.32 Å². The summed E-state index contributed by atoms with van der Waals surface area (Å²) in [6.07, 6.45) is 3.35. The Morgan fingerprint density at radius 1 is 1.22 bits per heavy atom. The van der Waals surface area contributed by atoms with Crippen molar-refractivity contribution in [3.8, 4) is 5.75 Å². The molecule has 100 valence electrons. The van der Waals surface area contributed by atoms with Crippen LogP contribution in [0.4, 0.5) is 0 Å². The Morgan fingerprint density at radius 2 is 1.94 bits per heavy atom. The minimum Gasteiger partial charge on any atom is -0.494 e. The van der Waals surface area contributed by atoms with Crippen molar-refractivity contribution in [1.29, 1.82) is 0 Å². The van der Waals surface area contributed by atoms with Crippen LogP contribution in [0.2, 0.25) is 0 Å². The highest BCUT2D eigenvalue weighted by atomic mass is 16.5. The zero-order valence-electron chi connectivity index (χ0n) is 11.2. The number of hydrogen-bond donors (Lipinski definition) is 1. The third-order valence-corrected chi connectivity index (χ3v) is 3.75. The third-order valence-electron chi connectivity index (χ3n) is 3.75. The highest BCUT2D eigenvalue weighted by Gasteiger charge is 2.31. The molecule has 1 N–H and O–H groups in total. The SMILES string of the molecule is CNCC1(CCOc2ccccc2)CCOCC1. The Balaban J connectivity index is 1.82. The predicted molar refractivity (Wildman–Crippen MR) is 73.0 cm³/mol. The minimum atomic E-state index is 0.349. The van der Waals surface area contributed by atoms with Gasteiger partial charge in [0.15, 0.2) is 0 Å². The van der Waals surface area contributed by atoms with Gasteiger partial charge in [0, 0.05) is 19.8 Å². The molecule has 0 atom stereocenters. The molecule has 1 aliphatic heterocycles. The van der Waals surface area contributed by atoms with E-state index in [9.17, 15) is 0 Å². The van der Waals surface area contributed by atoms with Crippen molar-refractivity contribution < 1.29 is 9.47 Å². The molecule has 0 bridgehead atoms. The smallest absolute Gasteiger partial charge is 0.119 e. The van der Waals surface area contributed by atoms with Gasteiger partial charge in [0.1, 0.15) is 5.75 Å². The maximum Gasteiger partial charge on any atom is 0.119 e. The number of ether oxygens (including phenoxy) is 2. The van der Waals surface area contributed by atoms with E-state index in [0.29, 0.717) is 5.41 Å². The van der Waals surface area contributed by atoms with Gasteiger partial charge in [-0.1, -0.05) is 18.2 Å². The molecule has 0 unspecified atom stereocenters. The van der Waals surface area contributed by atoms with Crippen LogP contribution in [0.5, 0.6) is 5.75 Å². The molecule has 1 aromatic carbocycles. The molecule has 0 aromatic heterocycles. The van der Waals surface area contributed by atoms with Gasteiger partial charge in [-0.25, -0.2) is 0 Å². The van der Waals surface area contributed by atoms with Crippen molar-refractivity contribution in [3.63, 3.8) is 0 Å². The minimum absolute atomic E-state index is 0.349. The zero-order valence-corrected chi connectivity index (χ0v) is 11.2. The second kappa shape index (κ2) is 6.76. The van der Waals surface area contributed by atoms with E-state index in [-0.39, 0.29) is 0 Å². The molecule has 0 saturated carbocycles. The highest BCUT2D eigenvalue weighted by Crippen LogP contribution is 2.33. The Bertz CT molecular complexity index is 328. The van der Waals surface area contributed by atoms with E-state index in [1.54, 1.807) is 0 Å². The molecule has 1 aromatic rings. The van der Waals surface area contributed by atoms with Crippen molar-refractivity contribution in [3.05, 3.63) is 30.3 Å². The number of nitrogens with one attached hydrogen (secondary N) is 1. The van der Waals surface area contributed by atoms with Crippen LogP contribution in [0.15, 0.2) is 30.3 Å². The average molecular weight is 249 g/mol. The Kier molecular flexibility index (Phi) is 5.02. The lowest BCUT2D eigenvalue weighted by atomic mass is 9.77. The molecule has 18 heavy (non-hydrogen) atoms. The van der Waals surface area contributed by atoms with Gasteiger partial charge in [-0.15, -0.1) is 0 Å². The summed E-state index contributed by atoms with van der Waals surface area (Å²) in [5.41, 5.74) is 0.349. The summed E-state index contributed by atoms with van der Waals surface area (Å²) in [7, 11) is 2.02. The summed E-state index contributed by atoms with van der Waals surface area (Å²) in [5.74, 6) is 0.962. The van der Waals surface area contributed by atoms with Gasteiger partial charge < -0.3 is 14.8 Å². The molecule has 1 heterocycles. The van der Waals surface area contributed by atoms with Crippen LogP contribution in [0.25, 0.3) is 0 Å². The molecule has 3 heteroatoms. The summed E-state index contributed by atoms with van der Waals surface area (Å²) in [6, 6.07) is 10.0. The fourth-order valence-electron chi connectivity index (χ4n) is 2.60. The van der Waals surface area contributed by atoms with Crippen LogP contribution in [0.1, 0.15) is 19.3 Å². The van der Waals surface area contributed by atoms with Crippen molar-refractivity contribution in [2.45, 2.75) is 19.3 Å². The van der Waals surface area contributed by atoms with Gasteiger partial charge in [-0.3, -0.25) is 0 Å². The van der Waals surface area contributed by atoms with Crippen molar-refractivity contribution in [1.82, 2.24) is 5.32 Å². The molecule has 0 aliphatic carbocycles. The summed E-state index contributed by atoms with van der Waals surface area (Å²) < 4.78 is 11.3. The lowest BCUT2D eigenvalue weighted by Gasteiger charge is -2.37. The number of benzene rings is 1. The molecule has 0 radical (unpaired) electrons. The lowest BCUT2D eigenvalue weighted by molar-refractivity contribution is 0.00515. The zero-order chi connectivity index (χ0) is 12.7. The highest BCUT2D eigenvalue weighted by molar-refractivity contribution is 5.20. The molecule has 0 amide bonds. The van der Waals surface area contributed by atoms with Crippen molar-refractivity contribution in [2.24, 2.45) is 5.41 Å². The van der Waals surface area contributed by atoms with E-state index in [1.807, 2.05) is 37.4 Å². The monoisotopic (exact) mass is 249 g/mol. The van der Waals surface area contributed by atoms with E-state index >= 15 is 0 Å². The lowest BCUT2D eigenvalue weighted by Crippen LogP contribution is -2.39. The van der Waals surface area contributed by atoms with Gasteiger partial charge >= 0.3 is 0 Å². The summed E-state index contributed by atoms with van der Waals surface area (Å²) in [5, 5.41) is 3.32. The van der Waals surface area contributed by atoms with Crippen LogP contribution in [-0.4, -0.2) is 33.4 Å². The first kappa shape index (κ1) is 13.4. The van der Waals surface area contributed by atoms with Gasteiger partial charge in [0.05, 0.1) is 6.61 Å². The maximum atomic E-state index is 5.81. The largest absolute Gasteiger partial charge is 0.494 e. The molecule has 0 spiro atoms. The number of hydrogen-bond acceptors (Lipinski definition) is 3. The van der Waals surface area contributed by atoms with Gasteiger partial charge in [0.25, 0.3) is 0 Å². The van der Waals surface area contributed by atoms with E-state index < -0.39 is 0 Å². The van der Waals surface area contributed by atoms with Crippen LogP contribution in [0, 0.1) is 5.41 Å². The molecule has 1 aliphatic rings. The second-order valence-corrected chi connectivity index (χ2v) is 5.05. The van der Waals surface area contributed by atoms with Crippen molar-refractivity contribution in [2.75, 3.05) is 33.4 Å². The predicted octanol–water partition coefficient (Wildman–Crippen LogP) is 2.47. The van der Waals surface area contributed by atoms with Crippen LogP contribution >= 0.6 is 0 Å². The topological polar surface area (TPSA) is 30.5 Å². The van der Waals surface area contributed by atoms with E-state index in [4.69, 9.17) is 9.47 Å². The molecule has 1 fully saturated rings. The standard InChI is InChI=1S/C15H23NO2/c1-16-13-15(7-10-17-11-8-15)9-12-18-14-5-3-2-4-6-14/h2-6,16H,7-13H2,1H3. The van der Waals surface area contributed by atoms with Crippen molar-refractivity contribution >= 4 is 0 Å². The van der Waals surface area contributed by atoms with Gasteiger partial charge in [-0.05, 0) is 43.9 Å². The Morgan fingerprint density at radius 3 is 2.61 bits per heavy atom. The number of para-hydroxylation sites is 1. The first-order chi connectivity index (χ1) is 8.85. The fraction of sp³-hybridized carbons (Fsp3) is 0.600. The Labute approximate surface area is 109 Å². The summed E-state index contributed by atoms with van der Waals surface area (Å²) in [4.78, 5) is 0. The molecular formula is C15H23NO2. The van der Waals surface area contributed by atoms with E-state index in [1.165, 1.54) is 0 Å². The first-order valence-corrected chi connectivity index (χ1v) is 6.75. The average Bonchev–Trinajstić information content (AvgIpc) is 2.41. The number of rotatable bonds is 6. The molecular weight excluding hydrogens is 226 g/mol. The van der Waals surface area contributed by atoms with Crippen LogP contribution in [-0.2, 0) is 4.74 Å². The third kappa shape index (κ3) is 3.72. The second-order valence-electron chi connectivity index (χ2n) is 5.05. The van der Waals surface area contributed by atoms with Crippen LogP contribution < -0.4 is 10.1 Å². The fourth-order valence-corrected chi connectivity index (χ4v) is 2.60. The quantitative estimate of drug-likeness (QED) is 0.840. The molecule has 3 nitrogen and oxygen atoms in total. The normalized spacial score (nSPS) is 18.5.